The number of hydrogen-bond donors (Lipinski definition) is 1. The van der Waals surface area contributed by atoms with Crippen LogP contribution in [0.4, 0.5) is 0 Å². The maximum Gasteiger partial charge on any atom is 0.327 e. The molecule has 2 heterocycles. The van der Waals surface area contributed by atoms with Crippen LogP contribution in [0.25, 0.3) is 11.0 Å². The summed E-state index contributed by atoms with van der Waals surface area (Å²) in [5.74, 6) is -0.717. The first-order valence-corrected chi connectivity index (χ1v) is 7.11. The Kier molecular flexibility index (Phi) is 4.37. The van der Waals surface area contributed by atoms with Gasteiger partial charge in [0.05, 0.1) is 23.8 Å². The first kappa shape index (κ1) is 15.5. The molecule has 0 saturated heterocycles. The molecule has 0 aliphatic rings. The minimum atomic E-state index is -0.664. The SMILES string of the molecule is CCOc1cnc(C(=O)N/N=C\c2coc3ccccc3c2=O)o1. The molecule has 1 aromatic carbocycles. The number of nitrogens with zero attached hydrogens (tertiary/aromatic N) is 2. The second kappa shape index (κ2) is 6.78. The highest BCUT2D eigenvalue weighted by Crippen LogP contribution is 2.12. The summed E-state index contributed by atoms with van der Waals surface area (Å²) in [6.45, 7) is 2.17. The van der Waals surface area contributed by atoms with Crippen molar-refractivity contribution in [1.29, 1.82) is 0 Å². The summed E-state index contributed by atoms with van der Waals surface area (Å²) in [5.41, 5.74) is 2.65. The highest BCUT2D eigenvalue weighted by molar-refractivity contribution is 5.91. The zero-order valence-electron chi connectivity index (χ0n) is 12.7. The van der Waals surface area contributed by atoms with Crippen molar-refractivity contribution in [3.63, 3.8) is 0 Å². The van der Waals surface area contributed by atoms with Gasteiger partial charge >= 0.3 is 11.9 Å². The Bertz CT molecular complexity index is 958. The highest BCUT2D eigenvalue weighted by atomic mass is 16.6. The van der Waals surface area contributed by atoms with Crippen molar-refractivity contribution in [2.24, 2.45) is 5.10 Å². The summed E-state index contributed by atoms with van der Waals surface area (Å²) < 4.78 is 15.5. The third kappa shape index (κ3) is 3.17. The average molecular weight is 327 g/mol. The van der Waals surface area contributed by atoms with Crippen LogP contribution in [0.5, 0.6) is 5.95 Å². The molecule has 0 aliphatic heterocycles. The van der Waals surface area contributed by atoms with Gasteiger partial charge in [-0.1, -0.05) is 12.1 Å². The Morgan fingerprint density at radius 3 is 3.08 bits per heavy atom. The highest BCUT2D eigenvalue weighted by Gasteiger charge is 2.13. The van der Waals surface area contributed by atoms with E-state index >= 15 is 0 Å². The number of hydrogen-bond acceptors (Lipinski definition) is 7. The van der Waals surface area contributed by atoms with Gasteiger partial charge in [-0.3, -0.25) is 9.59 Å². The molecule has 0 unspecified atom stereocenters. The smallest absolute Gasteiger partial charge is 0.327 e. The molecule has 0 fully saturated rings. The maximum absolute atomic E-state index is 12.2. The predicted molar refractivity (Wildman–Crippen MR) is 85.2 cm³/mol. The lowest BCUT2D eigenvalue weighted by molar-refractivity contribution is 0.0912. The van der Waals surface area contributed by atoms with Gasteiger partial charge < -0.3 is 13.6 Å². The van der Waals surface area contributed by atoms with E-state index in [1.807, 2.05) is 0 Å². The monoisotopic (exact) mass is 327 g/mol. The van der Waals surface area contributed by atoms with Crippen LogP contribution in [0.2, 0.25) is 0 Å². The predicted octanol–water partition coefficient (Wildman–Crippen LogP) is 1.94. The fourth-order valence-electron chi connectivity index (χ4n) is 1.96. The zero-order chi connectivity index (χ0) is 16.9. The van der Waals surface area contributed by atoms with Crippen LogP contribution >= 0.6 is 0 Å². The average Bonchev–Trinajstić information content (AvgIpc) is 3.06. The van der Waals surface area contributed by atoms with Crippen molar-refractivity contribution in [3.8, 4) is 5.95 Å². The van der Waals surface area contributed by atoms with E-state index in [1.54, 1.807) is 31.2 Å². The van der Waals surface area contributed by atoms with Crippen molar-refractivity contribution < 1.29 is 18.4 Å². The third-order valence-electron chi connectivity index (χ3n) is 3.04. The van der Waals surface area contributed by atoms with Gasteiger partial charge in [-0.05, 0) is 19.1 Å². The Hall–Kier alpha value is -3.42. The van der Waals surface area contributed by atoms with E-state index in [1.165, 1.54) is 18.7 Å². The molecular formula is C16H13N3O5. The van der Waals surface area contributed by atoms with E-state index in [2.05, 4.69) is 15.5 Å². The molecule has 3 aromatic rings. The van der Waals surface area contributed by atoms with Gasteiger partial charge in [-0.2, -0.15) is 5.10 Å². The lowest BCUT2D eigenvalue weighted by Crippen LogP contribution is -2.18. The van der Waals surface area contributed by atoms with Gasteiger partial charge in [0, 0.05) is 0 Å². The molecular weight excluding hydrogens is 314 g/mol. The number of amides is 1. The van der Waals surface area contributed by atoms with E-state index in [0.29, 0.717) is 17.6 Å². The van der Waals surface area contributed by atoms with Crippen molar-refractivity contribution in [2.75, 3.05) is 6.61 Å². The Morgan fingerprint density at radius 1 is 1.42 bits per heavy atom. The maximum atomic E-state index is 12.2. The van der Waals surface area contributed by atoms with Crippen molar-refractivity contribution in [3.05, 3.63) is 58.4 Å². The number of carbonyl (C=O) groups is 1. The molecule has 1 amide bonds. The number of benzene rings is 1. The van der Waals surface area contributed by atoms with E-state index in [0.717, 1.165) is 0 Å². The molecule has 1 N–H and O–H groups in total. The number of carbonyl (C=O) groups excluding carboxylic acids is 1. The Labute approximate surface area is 135 Å². The molecule has 0 spiro atoms. The number of nitrogens with one attached hydrogen (secondary N) is 1. The standard InChI is InChI=1S/C16H13N3O5/c1-2-22-13-8-17-16(24-13)15(21)19-18-7-10-9-23-12-6-4-3-5-11(12)14(10)20/h3-9H,2H2,1H3,(H,19,21)/b18-7-. The molecule has 0 aliphatic carbocycles. The number of hydrazone groups is 1. The van der Waals surface area contributed by atoms with Gasteiger partial charge in [0.15, 0.2) is 0 Å². The lowest BCUT2D eigenvalue weighted by atomic mass is 10.2. The molecule has 8 nitrogen and oxygen atoms in total. The second-order valence-electron chi connectivity index (χ2n) is 4.63. The number of ether oxygens (including phenoxy) is 1. The first-order chi connectivity index (χ1) is 11.7. The molecule has 3 rings (SSSR count). The number of oxazole rings is 1. The topological polar surface area (TPSA) is 107 Å². The molecule has 0 bridgehead atoms. The number of rotatable bonds is 5. The summed E-state index contributed by atoms with van der Waals surface area (Å²) in [6, 6.07) is 6.85. The van der Waals surface area contributed by atoms with Crippen LogP contribution in [-0.2, 0) is 0 Å². The molecule has 0 saturated carbocycles. The van der Waals surface area contributed by atoms with E-state index in [9.17, 15) is 9.59 Å². The summed E-state index contributed by atoms with van der Waals surface area (Å²) in [7, 11) is 0. The Balaban J connectivity index is 1.73. The van der Waals surface area contributed by atoms with E-state index in [4.69, 9.17) is 13.6 Å². The summed E-state index contributed by atoms with van der Waals surface area (Å²) in [4.78, 5) is 27.8. The van der Waals surface area contributed by atoms with Gasteiger partial charge in [0.1, 0.15) is 18.0 Å². The minimum absolute atomic E-state index is 0.141. The van der Waals surface area contributed by atoms with Crippen molar-refractivity contribution in [2.45, 2.75) is 6.92 Å². The summed E-state index contributed by atoms with van der Waals surface area (Å²) in [5, 5.41) is 4.15. The van der Waals surface area contributed by atoms with Crippen LogP contribution in [0, 0.1) is 0 Å². The fourth-order valence-corrected chi connectivity index (χ4v) is 1.96. The quantitative estimate of drug-likeness (QED) is 0.567. The zero-order valence-corrected chi connectivity index (χ0v) is 12.7. The second-order valence-corrected chi connectivity index (χ2v) is 4.63. The van der Waals surface area contributed by atoms with E-state index < -0.39 is 5.91 Å². The number of aromatic nitrogens is 1. The lowest BCUT2D eigenvalue weighted by Gasteiger charge is -1.98. The van der Waals surface area contributed by atoms with Crippen LogP contribution in [0.3, 0.4) is 0 Å². The largest absolute Gasteiger partial charge is 0.464 e. The molecule has 122 valence electrons. The number of fused-ring (bicyclic) bond motifs is 1. The number of para-hydroxylation sites is 1. The minimum Gasteiger partial charge on any atom is -0.464 e. The Morgan fingerprint density at radius 2 is 2.25 bits per heavy atom. The van der Waals surface area contributed by atoms with Crippen molar-refractivity contribution >= 4 is 23.1 Å². The summed E-state index contributed by atoms with van der Waals surface area (Å²) >= 11 is 0. The third-order valence-corrected chi connectivity index (χ3v) is 3.04. The molecule has 0 atom stereocenters. The summed E-state index contributed by atoms with van der Waals surface area (Å²) in [6.07, 6.45) is 3.77. The molecule has 24 heavy (non-hydrogen) atoms. The normalized spacial score (nSPS) is 11.0. The van der Waals surface area contributed by atoms with Gasteiger partial charge in [0.2, 0.25) is 5.43 Å². The van der Waals surface area contributed by atoms with E-state index in [-0.39, 0.29) is 22.8 Å². The van der Waals surface area contributed by atoms with Gasteiger partial charge in [0.25, 0.3) is 5.89 Å². The van der Waals surface area contributed by atoms with Crippen LogP contribution in [0.15, 0.2) is 55.5 Å². The van der Waals surface area contributed by atoms with Crippen LogP contribution < -0.4 is 15.6 Å². The van der Waals surface area contributed by atoms with Gasteiger partial charge in [-0.15, -0.1) is 0 Å². The van der Waals surface area contributed by atoms with Gasteiger partial charge in [-0.25, -0.2) is 10.4 Å². The molecule has 8 heteroatoms. The molecule has 0 radical (unpaired) electrons. The fraction of sp³-hybridized carbons (Fsp3) is 0.125. The van der Waals surface area contributed by atoms with Crippen molar-refractivity contribution in [1.82, 2.24) is 10.4 Å². The van der Waals surface area contributed by atoms with Crippen LogP contribution in [-0.4, -0.2) is 23.7 Å². The molecule has 2 aromatic heterocycles. The first-order valence-electron chi connectivity index (χ1n) is 7.11. The van der Waals surface area contributed by atoms with Crippen LogP contribution in [0.1, 0.15) is 23.2 Å².